The molecule has 0 aliphatic rings. The van der Waals surface area contributed by atoms with Crippen molar-refractivity contribution < 1.29 is 9.53 Å². The molecule has 0 aliphatic carbocycles. The number of unbranched alkanes of at least 4 members (excludes halogenated alkanes) is 1. The van der Waals surface area contributed by atoms with Gasteiger partial charge in [-0.15, -0.1) is 0 Å². The van der Waals surface area contributed by atoms with Crippen LogP contribution in [-0.4, -0.2) is 18.8 Å². The van der Waals surface area contributed by atoms with E-state index in [1.165, 1.54) is 0 Å². The predicted octanol–water partition coefficient (Wildman–Crippen LogP) is 2.43. The van der Waals surface area contributed by atoms with E-state index in [-0.39, 0.29) is 0 Å². The monoisotopic (exact) mass is 220 g/mol. The van der Waals surface area contributed by atoms with Crippen LogP contribution in [0.4, 0.5) is 5.69 Å². The van der Waals surface area contributed by atoms with Crippen LogP contribution in [0.3, 0.4) is 0 Å². The van der Waals surface area contributed by atoms with Crippen molar-refractivity contribution in [2.75, 3.05) is 12.0 Å². The zero-order chi connectivity index (χ0) is 11.6. The number of anilines is 1. The van der Waals surface area contributed by atoms with Gasteiger partial charge in [0.05, 0.1) is 12.3 Å². The predicted molar refractivity (Wildman–Crippen MR) is 64.4 cm³/mol. The summed E-state index contributed by atoms with van der Waals surface area (Å²) in [6.45, 7) is 2.49. The van der Waals surface area contributed by atoms with Crippen LogP contribution in [-0.2, 0) is 9.53 Å². The van der Waals surface area contributed by atoms with E-state index in [4.69, 9.17) is 4.74 Å². The number of esters is 1. The molecule has 16 heavy (non-hydrogen) atoms. The minimum absolute atomic E-state index is 0.420. The zero-order valence-electron chi connectivity index (χ0n) is 9.35. The molecule has 0 atom stereocenters. The Morgan fingerprint density at radius 3 is 2.88 bits per heavy atom. The quantitative estimate of drug-likeness (QED) is 0.346. The first-order valence-corrected chi connectivity index (χ1v) is 5.34. The van der Waals surface area contributed by atoms with Crippen molar-refractivity contribution in [1.82, 2.24) is 0 Å². The maximum atomic E-state index is 11.1. The highest BCUT2D eigenvalue weighted by atomic mass is 16.5. The second kappa shape index (κ2) is 7.45. The van der Waals surface area contributed by atoms with Crippen LogP contribution in [0.1, 0.15) is 19.8 Å². The van der Waals surface area contributed by atoms with Gasteiger partial charge in [0, 0.05) is 0 Å². The molecule has 4 heteroatoms. The smallest absolute Gasteiger partial charge is 0.351 e. The van der Waals surface area contributed by atoms with E-state index in [9.17, 15) is 4.79 Å². The zero-order valence-corrected chi connectivity index (χ0v) is 9.35. The molecular weight excluding hydrogens is 204 g/mol. The fourth-order valence-electron chi connectivity index (χ4n) is 1.03. The number of hydrogen-bond donors (Lipinski definition) is 1. The summed E-state index contributed by atoms with van der Waals surface area (Å²) in [6, 6.07) is 9.41. The number of nitrogens with one attached hydrogen (secondary N) is 1. The molecule has 86 valence electrons. The summed E-state index contributed by atoms with van der Waals surface area (Å²) in [6.07, 6.45) is 3.03. The van der Waals surface area contributed by atoms with Gasteiger partial charge in [0.25, 0.3) is 0 Å². The molecule has 0 saturated carbocycles. The minimum Gasteiger partial charge on any atom is -0.461 e. The Labute approximate surface area is 95.3 Å². The average Bonchev–Trinajstić information content (AvgIpc) is 2.31. The third kappa shape index (κ3) is 5.14. The van der Waals surface area contributed by atoms with Crippen LogP contribution in [0.2, 0.25) is 0 Å². The van der Waals surface area contributed by atoms with Crippen LogP contribution in [0.25, 0.3) is 0 Å². The molecule has 0 radical (unpaired) electrons. The summed E-state index contributed by atoms with van der Waals surface area (Å²) >= 11 is 0. The van der Waals surface area contributed by atoms with Gasteiger partial charge in [0.15, 0.2) is 0 Å². The van der Waals surface area contributed by atoms with Crippen molar-refractivity contribution in [3.8, 4) is 0 Å². The Hall–Kier alpha value is -1.84. The van der Waals surface area contributed by atoms with Gasteiger partial charge < -0.3 is 4.74 Å². The molecule has 4 nitrogen and oxygen atoms in total. The Morgan fingerprint density at radius 2 is 2.19 bits per heavy atom. The summed E-state index contributed by atoms with van der Waals surface area (Å²) in [5.74, 6) is -0.420. The summed E-state index contributed by atoms with van der Waals surface area (Å²) in [4.78, 5) is 11.1. The first-order chi connectivity index (χ1) is 7.83. The average molecular weight is 220 g/mol. The number of carbonyl (C=O) groups excluding carboxylic acids is 1. The van der Waals surface area contributed by atoms with E-state index in [1.807, 2.05) is 37.3 Å². The number of hydrogen-bond acceptors (Lipinski definition) is 4. The molecular formula is C12H16N2O2. The Bertz CT molecular complexity index is 336. The fraction of sp³-hybridized carbons (Fsp3) is 0.333. The van der Waals surface area contributed by atoms with Crippen molar-refractivity contribution in [1.29, 1.82) is 0 Å². The van der Waals surface area contributed by atoms with Gasteiger partial charge in [-0.3, -0.25) is 5.43 Å². The topological polar surface area (TPSA) is 50.7 Å². The molecule has 1 aromatic carbocycles. The first kappa shape index (κ1) is 12.2. The van der Waals surface area contributed by atoms with Crippen molar-refractivity contribution >= 4 is 17.9 Å². The summed E-state index contributed by atoms with van der Waals surface area (Å²) in [7, 11) is 0. The number of nitrogens with zero attached hydrogens (tertiary/aromatic N) is 1. The molecule has 1 aromatic rings. The van der Waals surface area contributed by atoms with Crippen LogP contribution in [0, 0.1) is 0 Å². The maximum absolute atomic E-state index is 11.1. The van der Waals surface area contributed by atoms with Crippen LogP contribution >= 0.6 is 0 Å². The lowest BCUT2D eigenvalue weighted by Gasteiger charge is -2.00. The Kier molecular flexibility index (Phi) is 5.70. The molecule has 1 N–H and O–H groups in total. The van der Waals surface area contributed by atoms with Crippen molar-refractivity contribution in [3.05, 3.63) is 30.3 Å². The molecule has 1 rings (SSSR count). The highest BCUT2D eigenvalue weighted by Gasteiger charge is 1.96. The second-order valence-electron chi connectivity index (χ2n) is 3.26. The normalized spacial score (nSPS) is 10.3. The molecule has 0 aliphatic heterocycles. The number of carbonyl (C=O) groups is 1. The lowest BCUT2D eigenvalue weighted by molar-refractivity contribution is -0.135. The second-order valence-corrected chi connectivity index (χ2v) is 3.26. The third-order valence-corrected chi connectivity index (χ3v) is 1.88. The van der Waals surface area contributed by atoms with Crippen molar-refractivity contribution in [3.63, 3.8) is 0 Å². The summed E-state index contributed by atoms with van der Waals surface area (Å²) < 4.78 is 4.89. The van der Waals surface area contributed by atoms with Crippen molar-refractivity contribution in [2.24, 2.45) is 5.10 Å². The van der Waals surface area contributed by atoms with Gasteiger partial charge in [-0.2, -0.15) is 5.10 Å². The third-order valence-electron chi connectivity index (χ3n) is 1.88. The van der Waals surface area contributed by atoms with E-state index < -0.39 is 5.97 Å². The van der Waals surface area contributed by atoms with Gasteiger partial charge >= 0.3 is 5.97 Å². The largest absolute Gasteiger partial charge is 0.461 e. The Morgan fingerprint density at radius 1 is 1.44 bits per heavy atom. The van der Waals surface area contributed by atoms with E-state index in [0.29, 0.717) is 6.61 Å². The number of benzene rings is 1. The summed E-state index contributed by atoms with van der Waals surface area (Å²) in [5.41, 5.74) is 3.57. The molecule has 0 fully saturated rings. The van der Waals surface area contributed by atoms with Crippen molar-refractivity contribution in [2.45, 2.75) is 19.8 Å². The minimum atomic E-state index is -0.420. The van der Waals surface area contributed by atoms with E-state index in [1.54, 1.807) is 0 Å². The van der Waals surface area contributed by atoms with Crippen LogP contribution < -0.4 is 5.43 Å². The van der Waals surface area contributed by atoms with E-state index in [2.05, 4.69) is 10.5 Å². The molecule has 0 heterocycles. The number of hydrazone groups is 1. The molecule has 0 unspecified atom stereocenters. The number of rotatable bonds is 6. The Balaban J connectivity index is 2.24. The van der Waals surface area contributed by atoms with Gasteiger partial charge in [-0.05, 0) is 18.6 Å². The fourth-order valence-corrected chi connectivity index (χ4v) is 1.03. The standard InChI is InChI=1S/C12H16N2O2/c1-2-3-9-16-12(15)10-13-14-11-7-5-4-6-8-11/h4-8,10,14H,2-3,9H2,1H3/b13-10-. The lowest BCUT2D eigenvalue weighted by Crippen LogP contribution is -2.07. The maximum Gasteiger partial charge on any atom is 0.351 e. The molecule has 0 bridgehead atoms. The van der Waals surface area contributed by atoms with Crippen LogP contribution in [0.15, 0.2) is 35.4 Å². The van der Waals surface area contributed by atoms with E-state index in [0.717, 1.165) is 24.7 Å². The molecule has 0 amide bonds. The van der Waals surface area contributed by atoms with Gasteiger partial charge in [0.2, 0.25) is 0 Å². The highest BCUT2D eigenvalue weighted by molar-refractivity contribution is 6.23. The summed E-state index contributed by atoms with van der Waals surface area (Å²) in [5, 5.41) is 3.77. The number of para-hydroxylation sites is 1. The molecule has 0 saturated heterocycles. The highest BCUT2D eigenvalue weighted by Crippen LogP contribution is 2.03. The SMILES string of the molecule is CCCCOC(=O)/C=N\Nc1ccccc1. The van der Waals surface area contributed by atoms with Crippen LogP contribution in [0.5, 0.6) is 0 Å². The van der Waals surface area contributed by atoms with Gasteiger partial charge in [-0.25, -0.2) is 4.79 Å². The first-order valence-electron chi connectivity index (χ1n) is 5.34. The lowest BCUT2D eigenvalue weighted by atomic mass is 10.3. The number of ether oxygens (including phenoxy) is 1. The van der Waals surface area contributed by atoms with Gasteiger partial charge in [0.1, 0.15) is 6.21 Å². The van der Waals surface area contributed by atoms with E-state index >= 15 is 0 Å². The van der Waals surface area contributed by atoms with Gasteiger partial charge in [-0.1, -0.05) is 31.5 Å². The molecule has 0 aromatic heterocycles. The molecule has 0 spiro atoms.